The van der Waals surface area contributed by atoms with Crippen LogP contribution in [0.3, 0.4) is 0 Å². The molecule has 1 saturated carbocycles. The SMILES string of the molecule is COc1ccc(CCN(CCCN2C(=O)c3c(ccc4nc(-c5ccccc5OC)[nH]c34)C3(CCCCC3)C2=O)C(=O)O)cc1OC. The molecule has 2 N–H and O–H groups in total. The first kappa shape index (κ1) is 31.9. The van der Waals surface area contributed by atoms with Gasteiger partial charge in [-0.2, -0.15) is 0 Å². The topological polar surface area (TPSA) is 134 Å². The number of carbonyl (C=O) groups is 3. The third kappa shape index (κ3) is 5.86. The molecule has 2 aliphatic rings. The van der Waals surface area contributed by atoms with Crippen molar-refractivity contribution in [2.45, 2.75) is 50.4 Å². The molecular weight excluding hydrogens is 600 g/mol. The summed E-state index contributed by atoms with van der Waals surface area (Å²) in [5.74, 6) is 1.84. The van der Waals surface area contributed by atoms with Crippen molar-refractivity contribution in [1.82, 2.24) is 19.8 Å². The summed E-state index contributed by atoms with van der Waals surface area (Å²) in [6.45, 7) is 0.536. The fourth-order valence-corrected chi connectivity index (χ4v) is 7.13. The largest absolute Gasteiger partial charge is 0.496 e. The smallest absolute Gasteiger partial charge is 0.407 e. The molecule has 11 nitrogen and oxygen atoms in total. The third-order valence-corrected chi connectivity index (χ3v) is 9.56. The Morgan fingerprint density at radius 1 is 0.936 bits per heavy atom. The van der Waals surface area contributed by atoms with E-state index in [1.54, 1.807) is 27.4 Å². The van der Waals surface area contributed by atoms with Gasteiger partial charge in [0.2, 0.25) is 5.91 Å². The number of imidazole rings is 1. The van der Waals surface area contributed by atoms with Gasteiger partial charge in [-0.1, -0.05) is 43.5 Å². The van der Waals surface area contributed by atoms with Crippen molar-refractivity contribution in [2.75, 3.05) is 41.0 Å². The summed E-state index contributed by atoms with van der Waals surface area (Å²) in [6.07, 6.45) is 3.87. The number of hydrogen-bond donors (Lipinski definition) is 2. The Bertz CT molecular complexity index is 1810. The summed E-state index contributed by atoms with van der Waals surface area (Å²) in [7, 11) is 4.72. The number of ether oxygens (including phenoxy) is 3. The second-order valence-electron chi connectivity index (χ2n) is 12.1. The van der Waals surface area contributed by atoms with Crippen molar-refractivity contribution < 1.29 is 33.7 Å². The van der Waals surface area contributed by atoms with E-state index in [1.165, 1.54) is 9.80 Å². The monoisotopic (exact) mass is 640 g/mol. The van der Waals surface area contributed by atoms with Gasteiger partial charge >= 0.3 is 6.09 Å². The Morgan fingerprint density at radius 3 is 2.40 bits per heavy atom. The number of carbonyl (C=O) groups excluding carboxylic acids is 2. The minimum absolute atomic E-state index is 0.114. The van der Waals surface area contributed by atoms with Crippen LogP contribution < -0.4 is 14.2 Å². The number of aromatic nitrogens is 2. The molecule has 6 rings (SSSR count). The maximum Gasteiger partial charge on any atom is 0.407 e. The molecule has 4 aromatic rings. The number of hydrogen-bond acceptors (Lipinski definition) is 7. The Hall–Kier alpha value is -5.06. The molecule has 1 fully saturated rings. The van der Waals surface area contributed by atoms with Crippen molar-refractivity contribution in [3.05, 3.63) is 71.3 Å². The molecule has 11 heteroatoms. The number of H-pyrrole nitrogens is 1. The second-order valence-corrected chi connectivity index (χ2v) is 12.1. The fourth-order valence-electron chi connectivity index (χ4n) is 7.13. The van der Waals surface area contributed by atoms with Gasteiger partial charge in [0.15, 0.2) is 11.5 Å². The van der Waals surface area contributed by atoms with E-state index < -0.39 is 11.5 Å². The van der Waals surface area contributed by atoms with Crippen LogP contribution in [0.1, 0.15) is 60.0 Å². The van der Waals surface area contributed by atoms with Crippen molar-refractivity contribution in [3.8, 4) is 28.6 Å². The first-order chi connectivity index (χ1) is 22.8. The summed E-state index contributed by atoms with van der Waals surface area (Å²) in [5, 5.41) is 9.97. The van der Waals surface area contributed by atoms with Crippen molar-refractivity contribution in [1.29, 1.82) is 0 Å². The van der Waals surface area contributed by atoms with E-state index in [0.717, 1.165) is 36.0 Å². The summed E-state index contributed by atoms with van der Waals surface area (Å²) in [6, 6.07) is 16.8. The zero-order valence-corrected chi connectivity index (χ0v) is 27.0. The zero-order chi connectivity index (χ0) is 33.1. The van der Waals surface area contributed by atoms with Gasteiger partial charge in [-0.15, -0.1) is 0 Å². The number of amides is 3. The number of imide groups is 1. The molecule has 0 radical (unpaired) electrons. The predicted molar refractivity (Wildman–Crippen MR) is 176 cm³/mol. The van der Waals surface area contributed by atoms with E-state index in [-0.39, 0.29) is 31.4 Å². The van der Waals surface area contributed by atoms with E-state index in [2.05, 4.69) is 4.98 Å². The van der Waals surface area contributed by atoms with E-state index >= 15 is 0 Å². The second kappa shape index (κ2) is 13.4. The molecule has 3 amide bonds. The molecule has 246 valence electrons. The van der Waals surface area contributed by atoms with Gasteiger partial charge in [-0.3, -0.25) is 14.5 Å². The van der Waals surface area contributed by atoms with Gasteiger partial charge in [0.25, 0.3) is 5.91 Å². The van der Waals surface area contributed by atoms with Gasteiger partial charge in [-0.05, 0) is 67.1 Å². The maximum atomic E-state index is 14.3. The van der Waals surface area contributed by atoms with E-state index in [1.807, 2.05) is 48.5 Å². The highest BCUT2D eigenvalue weighted by molar-refractivity contribution is 6.18. The lowest BCUT2D eigenvalue weighted by atomic mass is 9.65. The summed E-state index contributed by atoms with van der Waals surface area (Å²) >= 11 is 0. The summed E-state index contributed by atoms with van der Waals surface area (Å²) in [5.41, 5.74) is 3.33. The number of benzene rings is 3. The third-order valence-electron chi connectivity index (χ3n) is 9.56. The molecule has 0 atom stereocenters. The van der Waals surface area contributed by atoms with Gasteiger partial charge in [0, 0.05) is 19.6 Å². The van der Waals surface area contributed by atoms with Crippen LogP contribution in [0.2, 0.25) is 0 Å². The number of aromatic amines is 1. The molecule has 0 bridgehead atoms. The number of fused-ring (bicyclic) bond motifs is 4. The maximum absolute atomic E-state index is 14.3. The zero-order valence-electron chi connectivity index (χ0n) is 27.0. The van der Waals surface area contributed by atoms with Crippen LogP contribution in [0.15, 0.2) is 54.6 Å². The average Bonchev–Trinajstić information content (AvgIpc) is 3.54. The lowest BCUT2D eigenvalue weighted by molar-refractivity contribution is -0.137. The Kier molecular flexibility index (Phi) is 9.06. The molecule has 0 saturated heterocycles. The minimum atomic E-state index is -1.06. The number of nitrogens with zero attached hydrogens (tertiary/aromatic N) is 3. The van der Waals surface area contributed by atoms with Gasteiger partial charge < -0.3 is 29.2 Å². The summed E-state index contributed by atoms with van der Waals surface area (Å²) in [4.78, 5) is 51.6. The van der Waals surface area contributed by atoms with Gasteiger partial charge in [0.05, 0.1) is 48.9 Å². The highest BCUT2D eigenvalue weighted by atomic mass is 16.5. The number of para-hydroxylation sites is 1. The van der Waals surface area contributed by atoms with Crippen molar-refractivity contribution >= 4 is 28.9 Å². The van der Waals surface area contributed by atoms with Crippen LogP contribution in [0.25, 0.3) is 22.4 Å². The van der Waals surface area contributed by atoms with Crippen LogP contribution in [-0.2, 0) is 16.6 Å². The number of carboxylic acid groups (broad SMARTS) is 1. The molecule has 0 unspecified atom stereocenters. The molecular formula is C36H40N4O7. The molecule has 2 heterocycles. The molecule has 47 heavy (non-hydrogen) atoms. The van der Waals surface area contributed by atoms with Crippen LogP contribution in [0, 0.1) is 0 Å². The number of methoxy groups -OCH3 is 3. The van der Waals surface area contributed by atoms with Crippen molar-refractivity contribution in [3.63, 3.8) is 0 Å². The highest BCUT2D eigenvalue weighted by Crippen LogP contribution is 2.47. The van der Waals surface area contributed by atoms with Crippen LogP contribution in [0.5, 0.6) is 17.2 Å². The minimum Gasteiger partial charge on any atom is -0.496 e. The first-order valence-corrected chi connectivity index (χ1v) is 16.0. The quantitative estimate of drug-likeness (QED) is 0.189. The fraction of sp³-hybridized carbons (Fsp3) is 0.389. The van der Waals surface area contributed by atoms with Crippen LogP contribution >= 0.6 is 0 Å². The Morgan fingerprint density at radius 2 is 1.68 bits per heavy atom. The van der Waals surface area contributed by atoms with Crippen molar-refractivity contribution in [2.24, 2.45) is 0 Å². The first-order valence-electron chi connectivity index (χ1n) is 16.0. The lowest BCUT2D eigenvalue weighted by Crippen LogP contribution is -2.55. The molecule has 1 aliphatic carbocycles. The Balaban J connectivity index is 1.26. The molecule has 1 spiro atoms. The number of nitrogens with one attached hydrogen (secondary N) is 1. The predicted octanol–water partition coefficient (Wildman–Crippen LogP) is 6.05. The Labute approximate surface area is 273 Å². The molecule has 1 aromatic heterocycles. The highest BCUT2D eigenvalue weighted by Gasteiger charge is 2.51. The standard InChI is InChI=1S/C36H40N4O7/c1-45-27-11-6-5-10-24(27)32-37-26-14-13-25-30(31(26)38-32)33(41)40(34(42)36(25)17-7-4-8-18-36)20-9-19-39(35(43)44)21-16-23-12-15-28(46-2)29(22-23)47-3/h5-6,10-15,22H,4,7-9,16-21H2,1-3H3,(H,37,38)(H,43,44). The number of rotatable bonds is 11. The van der Waals surface area contributed by atoms with E-state index in [9.17, 15) is 19.5 Å². The normalized spacial score (nSPS) is 15.5. The van der Waals surface area contributed by atoms with E-state index in [4.69, 9.17) is 19.2 Å². The average molecular weight is 641 g/mol. The van der Waals surface area contributed by atoms with Crippen LogP contribution in [0.4, 0.5) is 4.79 Å². The molecule has 1 aliphatic heterocycles. The molecule has 3 aromatic carbocycles. The van der Waals surface area contributed by atoms with Gasteiger partial charge in [-0.25, -0.2) is 9.78 Å². The summed E-state index contributed by atoms with van der Waals surface area (Å²) < 4.78 is 16.2. The van der Waals surface area contributed by atoms with Gasteiger partial charge in [0.1, 0.15) is 11.6 Å². The lowest BCUT2D eigenvalue weighted by Gasteiger charge is -2.44. The van der Waals surface area contributed by atoms with E-state index in [0.29, 0.717) is 65.4 Å². The van der Waals surface area contributed by atoms with Crippen LogP contribution in [-0.4, -0.2) is 83.7 Å².